The van der Waals surface area contributed by atoms with E-state index in [4.69, 9.17) is 21.1 Å². The highest BCUT2D eigenvalue weighted by Crippen LogP contribution is 2.29. The van der Waals surface area contributed by atoms with E-state index in [-0.39, 0.29) is 0 Å². The molecule has 0 aromatic heterocycles. The van der Waals surface area contributed by atoms with E-state index in [9.17, 15) is 0 Å². The van der Waals surface area contributed by atoms with Gasteiger partial charge in [0.1, 0.15) is 6.61 Å². The third-order valence-electron chi connectivity index (χ3n) is 4.38. The molecule has 4 heteroatoms. The third-order valence-corrected chi connectivity index (χ3v) is 4.75. The predicted octanol–water partition coefficient (Wildman–Crippen LogP) is 6.30. The third kappa shape index (κ3) is 4.89. The molecule has 0 atom stereocenters. The molecular formula is C23H22ClNO2. The van der Waals surface area contributed by atoms with Gasteiger partial charge in [-0.2, -0.15) is 0 Å². The van der Waals surface area contributed by atoms with Crippen LogP contribution in [-0.4, -0.2) is 13.3 Å². The molecule has 0 unspecified atom stereocenters. The van der Waals surface area contributed by atoms with Gasteiger partial charge in [-0.05, 0) is 66.9 Å². The summed E-state index contributed by atoms with van der Waals surface area (Å²) >= 11 is 6.18. The monoisotopic (exact) mass is 379 g/mol. The lowest BCUT2D eigenvalue weighted by atomic mass is 10.1. The maximum absolute atomic E-state index is 6.18. The van der Waals surface area contributed by atoms with E-state index in [1.807, 2.05) is 54.7 Å². The molecule has 0 aliphatic rings. The summed E-state index contributed by atoms with van der Waals surface area (Å²) in [5.74, 6) is 1.33. The molecule has 0 aliphatic heterocycles. The first-order valence-electron chi connectivity index (χ1n) is 8.72. The van der Waals surface area contributed by atoms with Crippen molar-refractivity contribution in [2.75, 3.05) is 7.11 Å². The van der Waals surface area contributed by atoms with Crippen molar-refractivity contribution in [1.82, 2.24) is 0 Å². The normalized spacial score (nSPS) is 11.0. The molecule has 0 heterocycles. The summed E-state index contributed by atoms with van der Waals surface area (Å²) in [4.78, 5) is 4.55. The summed E-state index contributed by atoms with van der Waals surface area (Å²) in [5, 5.41) is 0.689. The summed E-state index contributed by atoms with van der Waals surface area (Å²) in [7, 11) is 1.63. The van der Waals surface area contributed by atoms with Gasteiger partial charge < -0.3 is 9.47 Å². The van der Waals surface area contributed by atoms with Gasteiger partial charge in [-0.3, -0.25) is 4.99 Å². The number of ether oxygens (including phenoxy) is 2. The fourth-order valence-corrected chi connectivity index (χ4v) is 2.80. The van der Waals surface area contributed by atoms with Crippen LogP contribution in [0.1, 0.15) is 22.3 Å². The van der Waals surface area contributed by atoms with Gasteiger partial charge in [-0.1, -0.05) is 35.9 Å². The Morgan fingerprint density at radius 2 is 1.74 bits per heavy atom. The van der Waals surface area contributed by atoms with Crippen LogP contribution in [-0.2, 0) is 6.61 Å². The molecule has 0 aliphatic carbocycles. The Bertz CT molecular complexity index is 966. The summed E-state index contributed by atoms with van der Waals surface area (Å²) in [6.45, 7) is 4.56. The molecule has 138 valence electrons. The number of nitrogens with zero attached hydrogens (tertiary/aromatic N) is 1. The van der Waals surface area contributed by atoms with Gasteiger partial charge in [0.15, 0.2) is 11.5 Å². The van der Waals surface area contributed by atoms with E-state index >= 15 is 0 Å². The lowest BCUT2D eigenvalue weighted by Crippen LogP contribution is -1.99. The number of rotatable bonds is 6. The highest BCUT2D eigenvalue weighted by atomic mass is 35.5. The number of aliphatic imine (C=N–C) groups is 1. The molecule has 0 spiro atoms. The average molecular weight is 380 g/mol. The number of methoxy groups -OCH3 is 1. The van der Waals surface area contributed by atoms with Crippen molar-refractivity contribution in [2.24, 2.45) is 4.99 Å². The Morgan fingerprint density at radius 3 is 2.48 bits per heavy atom. The lowest BCUT2D eigenvalue weighted by molar-refractivity contribution is 0.284. The number of benzene rings is 3. The first-order valence-corrected chi connectivity index (χ1v) is 9.10. The fraction of sp³-hybridized carbons (Fsp3) is 0.174. The molecule has 27 heavy (non-hydrogen) atoms. The molecule has 0 N–H and O–H groups in total. The fourth-order valence-electron chi connectivity index (χ4n) is 2.61. The van der Waals surface area contributed by atoms with Gasteiger partial charge >= 0.3 is 0 Å². The van der Waals surface area contributed by atoms with Gasteiger partial charge in [0.25, 0.3) is 0 Å². The highest BCUT2D eigenvalue weighted by molar-refractivity contribution is 6.31. The van der Waals surface area contributed by atoms with Gasteiger partial charge in [0.2, 0.25) is 0 Å². The van der Waals surface area contributed by atoms with Crippen LogP contribution in [0, 0.1) is 13.8 Å². The minimum Gasteiger partial charge on any atom is -0.493 e. The van der Waals surface area contributed by atoms with Crippen molar-refractivity contribution in [2.45, 2.75) is 20.5 Å². The molecule has 0 amide bonds. The zero-order chi connectivity index (χ0) is 19.2. The topological polar surface area (TPSA) is 30.8 Å². The summed E-state index contributed by atoms with van der Waals surface area (Å²) in [5.41, 5.74) is 5.29. The predicted molar refractivity (Wildman–Crippen MR) is 112 cm³/mol. The first kappa shape index (κ1) is 19.0. The molecule has 0 bridgehead atoms. The molecular weight excluding hydrogens is 358 g/mol. The molecule has 3 aromatic rings. The van der Waals surface area contributed by atoms with Crippen LogP contribution >= 0.6 is 11.6 Å². The van der Waals surface area contributed by atoms with Crippen molar-refractivity contribution in [3.05, 3.63) is 87.9 Å². The Kier molecular flexibility index (Phi) is 6.15. The van der Waals surface area contributed by atoms with Crippen molar-refractivity contribution in [3.8, 4) is 11.5 Å². The Labute approximate surface area is 165 Å². The second-order valence-corrected chi connectivity index (χ2v) is 6.72. The molecule has 0 saturated carbocycles. The Balaban J connectivity index is 1.74. The molecule has 3 nitrogen and oxygen atoms in total. The van der Waals surface area contributed by atoms with E-state index in [0.29, 0.717) is 23.1 Å². The second kappa shape index (κ2) is 8.74. The first-order chi connectivity index (χ1) is 13.1. The Hall–Kier alpha value is -2.78. The minimum absolute atomic E-state index is 0.381. The smallest absolute Gasteiger partial charge is 0.161 e. The van der Waals surface area contributed by atoms with Crippen LogP contribution in [0.15, 0.2) is 65.7 Å². The van der Waals surface area contributed by atoms with Gasteiger partial charge in [-0.15, -0.1) is 0 Å². The van der Waals surface area contributed by atoms with Crippen LogP contribution in [0.4, 0.5) is 5.69 Å². The average Bonchev–Trinajstić information content (AvgIpc) is 2.68. The van der Waals surface area contributed by atoms with Gasteiger partial charge in [-0.25, -0.2) is 0 Å². The zero-order valence-corrected chi connectivity index (χ0v) is 16.5. The van der Waals surface area contributed by atoms with Gasteiger partial charge in [0, 0.05) is 16.8 Å². The van der Waals surface area contributed by atoms with E-state index in [0.717, 1.165) is 16.8 Å². The highest BCUT2D eigenvalue weighted by Gasteiger charge is 2.07. The largest absolute Gasteiger partial charge is 0.493 e. The van der Waals surface area contributed by atoms with Crippen LogP contribution < -0.4 is 9.47 Å². The maximum atomic E-state index is 6.18. The Morgan fingerprint density at radius 1 is 0.926 bits per heavy atom. The molecule has 3 aromatic carbocycles. The number of hydrogen-bond acceptors (Lipinski definition) is 3. The van der Waals surface area contributed by atoms with E-state index in [1.165, 1.54) is 11.1 Å². The number of hydrogen-bond donors (Lipinski definition) is 0. The minimum atomic E-state index is 0.381. The van der Waals surface area contributed by atoms with Crippen molar-refractivity contribution in [3.63, 3.8) is 0 Å². The standard InChI is InChI=1S/C23H22ClNO2/c1-16-8-10-20(12-17(16)2)25-14-18-9-11-22(23(13-18)26-3)27-15-19-6-4-5-7-21(19)24/h4-14H,15H2,1-3H3. The van der Waals surface area contributed by atoms with Crippen molar-refractivity contribution >= 4 is 23.5 Å². The second-order valence-electron chi connectivity index (χ2n) is 6.32. The van der Waals surface area contributed by atoms with Crippen LogP contribution in [0.3, 0.4) is 0 Å². The van der Waals surface area contributed by atoms with Gasteiger partial charge in [0.05, 0.1) is 12.8 Å². The molecule has 3 rings (SSSR count). The summed E-state index contributed by atoms with van der Waals surface area (Å²) < 4.78 is 11.4. The maximum Gasteiger partial charge on any atom is 0.161 e. The van der Waals surface area contributed by atoms with Crippen LogP contribution in [0.2, 0.25) is 5.02 Å². The van der Waals surface area contributed by atoms with E-state index in [2.05, 4.69) is 31.0 Å². The summed E-state index contributed by atoms with van der Waals surface area (Å²) in [6.07, 6.45) is 1.82. The quantitative estimate of drug-likeness (QED) is 0.471. The van der Waals surface area contributed by atoms with E-state index in [1.54, 1.807) is 7.11 Å². The molecule has 0 fully saturated rings. The number of halogens is 1. The zero-order valence-electron chi connectivity index (χ0n) is 15.7. The van der Waals surface area contributed by atoms with E-state index < -0.39 is 0 Å². The van der Waals surface area contributed by atoms with Crippen LogP contribution in [0.5, 0.6) is 11.5 Å². The number of aryl methyl sites for hydroxylation is 2. The SMILES string of the molecule is COc1cc(C=Nc2ccc(C)c(C)c2)ccc1OCc1ccccc1Cl. The van der Waals surface area contributed by atoms with Crippen molar-refractivity contribution in [1.29, 1.82) is 0 Å². The molecule has 0 saturated heterocycles. The summed E-state index contributed by atoms with van der Waals surface area (Å²) in [6, 6.07) is 19.5. The molecule has 0 radical (unpaired) electrons. The van der Waals surface area contributed by atoms with Crippen molar-refractivity contribution < 1.29 is 9.47 Å². The van der Waals surface area contributed by atoms with Crippen LogP contribution in [0.25, 0.3) is 0 Å². The lowest BCUT2D eigenvalue weighted by Gasteiger charge is -2.12.